The van der Waals surface area contributed by atoms with E-state index in [-0.39, 0.29) is 0 Å². The number of para-hydroxylation sites is 1. The Morgan fingerprint density at radius 2 is 1.88 bits per heavy atom. The van der Waals surface area contributed by atoms with E-state index in [1.807, 2.05) is 31.2 Å². The van der Waals surface area contributed by atoms with Crippen molar-refractivity contribution in [3.8, 4) is 5.75 Å². The summed E-state index contributed by atoms with van der Waals surface area (Å²) in [7, 11) is 0. The number of anilines is 1. The Hall–Kier alpha value is -2.53. The number of benzene rings is 2. The van der Waals surface area contributed by atoms with Crippen LogP contribution in [0.4, 0.5) is 5.69 Å². The van der Waals surface area contributed by atoms with Gasteiger partial charge in [0, 0.05) is 30.5 Å². The maximum atomic E-state index is 5.43. The van der Waals surface area contributed by atoms with E-state index in [0.29, 0.717) is 11.7 Å². The van der Waals surface area contributed by atoms with Crippen molar-refractivity contribution in [1.29, 1.82) is 0 Å². The van der Waals surface area contributed by atoms with Crippen LogP contribution in [0, 0.1) is 0 Å². The average molecular weight is 353 g/mol. The highest BCUT2D eigenvalue weighted by Crippen LogP contribution is 2.16. The molecule has 1 aromatic heterocycles. The Morgan fingerprint density at radius 1 is 1.08 bits per heavy atom. The number of hydrogen-bond acceptors (Lipinski definition) is 2. The second-order valence-corrected chi connectivity index (χ2v) is 6.17. The van der Waals surface area contributed by atoms with Gasteiger partial charge in [0.25, 0.3) is 0 Å². The van der Waals surface area contributed by atoms with Gasteiger partial charge in [-0.05, 0) is 67.3 Å². The number of nitrogens with one attached hydrogen (secondary N) is 2. The minimum Gasteiger partial charge on any atom is -0.494 e. The summed E-state index contributed by atoms with van der Waals surface area (Å²) in [5.74, 6) is 0.867. The summed E-state index contributed by atoms with van der Waals surface area (Å²) in [5, 5.41) is 8.37. The van der Waals surface area contributed by atoms with Gasteiger partial charge in [-0.2, -0.15) is 0 Å². The molecule has 5 heteroatoms. The van der Waals surface area contributed by atoms with Crippen LogP contribution >= 0.6 is 12.2 Å². The molecule has 2 N–H and O–H groups in total. The van der Waals surface area contributed by atoms with Crippen molar-refractivity contribution >= 4 is 33.9 Å². The van der Waals surface area contributed by atoms with Gasteiger partial charge in [-0.1, -0.05) is 18.2 Å². The molecule has 0 aliphatic heterocycles. The zero-order valence-electron chi connectivity index (χ0n) is 14.4. The van der Waals surface area contributed by atoms with Gasteiger partial charge in [0.2, 0.25) is 0 Å². The average Bonchev–Trinajstić information content (AvgIpc) is 3.04. The summed E-state index contributed by atoms with van der Waals surface area (Å²) in [5.41, 5.74) is 2.23. The maximum Gasteiger partial charge on any atom is 0.170 e. The highest BCUT2D eigenvalue weighted by molar-refractivity contribution is 7.80. The van der Waals surface area contributed by atoms with Crippen molar-refractivity contribution in [2.24, 2.45) is 0 Å². The summed E-state index contributed by atoms with van der Waals surface area (Å²) in [6.45, 7) is 4.44. The smallest absolute Gasteiger partial charge is 0.170 e. The lowest BCUT2D eigenvalue weighted by atomic mass is 10.2. The van der Waals surface area contributed by atoms with Gasteiger partial charge in [0.15, 0.2) is 5.11 Å². The normalized spacial score (nSPS) is 10.6. The highest BCUT2D eigenvalue weighted by Gasteiger charge is 2.01. The molecule has 0 atom stereocenters. The molecule has 0 radical (unpaired) electrons. The number of aryl methyl sites for hydroxylation is 1. The van der Waals surface area contributed by atoms with Crippen LogP contribution in [0.3, 0.4) is 0 Å². The summed E-state index contributed by atoms with van der Waals surface area (Å²) in [4.78, 5) is 0. The van der Waals surface area contributed by atoms with Crippen molar-refractivity contribution in [2.75, 3.05) is 18.5 Å². The lowest BCUT2D eigenvalue weighted by molar-refractivity contribution is 0.340. The van der Waals surface area contributed by atoms with Crippen LogP contribution in [0.5, 0.6) is 5.75 Å². The second kappa shape index (κ2) is 8.53. The van der Waals surface area contributed by atoms with Crippen molar-refractivity contribution < 1.29 is 4.74 Å². The van der Waals surface area contributed by atoms with E-state index >= 15 is 0 Å². The van der Waals surface area contributed by atoms with Gasteiger partial charge in [-0.3, -0.25) is 0 Å². The first-order valence-electron chi connectivity index (χ1n) is 8.58. The van der Waals surface area contributed by atoms with Crippen LogP contribution in [0.2, 0.25) is 0 Å². The Bertz CT molecular complexity index is 826. The Labute approximate surface area is 153 Å². The Kier molecular flexibility index (Phi) is 5.90. The topological polar surface area (TPSA) is 38.2 Å². The molecule has 0 amide bonds. The van der Waals surface area contributed by atoms with Crippen LogP contribution in [0.1, 0.15) is 13.3 Å². The Morgan fingerprint density at radius 3 is 2.68 bits per heavy atom. The van der Waals surface area contributed by atoms with Gasteiger partial charge in [0.05, 0.1) is 6.61 Å². The third-order valence-corrected chi connectivity index (χ3v) is 4.21. The van der Waals surface area contributed by atoms with Gasteiger partial charge < -0.3 is 19.9 Å². The molecule has 1 heterocycles. The monoisotopic (exact) mass is 353 g/mol. The molecule has 4 nitrogen and oxygen atoms in total. The molecule has 0 unspecified atom stereocenters. The molecule has 0 saturated heterocycles. The van der Waals surface area contributed by atoms with Crippen molar-refractivity contribution in [1.82, 2.24) is 9.88 Å². The predicted molar refractivity (Wildman–Crippen MR) is 108 cm³/mol. The number of hydrogen-bond donors (Lipinski definition) is 2. The summed E-state index contributed by atoms with van der Waals surface area (Å²) < 4.78 is 7.71. The summed E-state index contributed by atoms with van der Waals surface area (Å²) in [6, 6.07) is 18.4. The number of rotatable bonds is 7. The van der Waals surface area contributed by atoms with Gasteiger partial charge in [0.1, 0.15) is 5.75 Å². The third kappa shape index (κ3) is 4.73. The van der Waals surface area contributed by atoms with E-state index in [9.17, 15) is 0 Å². The molecule has 2 aromatic carbocycles. The van der Waals surface area contributed by atoms with E-state index in [0.717, 1.165) is 30.9 Å². The van der Waals surface area contributed by atoms with Gasteiger partial charge >= 0.3 is 0 Å². The quantitative estimate of drug-likeness (QED) is 0.487. The zero-order chi connectivity index (χ0) is 17.5. The SMILES string of the molecule is CCOc1ccc(NC(=S)NCCCn2ccc3ccccc32)cc1. The molecule has 0 spiro atoms. The molecule has 0 fully saturated rings. The van der Waals surface area contributed by atoms with Crippen molar-refractivity contribution in [3.63, 3.8) is 0 Å². The summed E-state index contributed by atoms with van der Waals surface area (Å²) >= 11 is 5.35. The molecule has 0 aliphatic rings. The number of ether oxygens (including phenoxy) is 1. The fourth-order valence-electron chi connectivity index (χ4n) is 2.76. The third-order valence-electron chi connectivity index (χ3n) is 3.96. The molecular formula is C20H23N3OS. The molecule has 0 bridgehead atoms. The molecule has 3 aromatic rings. The largest absolute Gasteiger partial charge is 0.494 e. The minimum absolute atomic E-state index is 0.640. The zero-order valence-corrected chi connectivity index (χ0v) is 15.2. The lowest BCUT2D eigenvalue weighted by Crippen LogP contribution is -2.29. The number of fused-ring (bicyclic) bond motifs is 1. The molecular weight excluding hydrogens is 330 g/mol. The maximum absolute atomic E-state index is 5.43. The second-order valence-electron chi connectivity index (χ2n) is 5.76. The fourth-order valence-corrected chi connectivity index (χ4v) is 2.98. The molecule has 0 aliphatic carbocycles. The van der Waals surface area contributed by atoms with Crippen LogP contribution in [0.15, 0.2) is 60.8 Å². The van der Waals surface area contributed by atoms with Crippen LogP contribution in [-0.2, 0) is 6.54 Å². The van der Waals surface area contributed by atoms with Crippen LogP contribution in [0.25, 0.3) is 10.9 Å². The standard InChI is InChI=1S/C20H23N3OS/c1-2-24-18-10-8-17(9-11-18)22-20(25)21-13-5-14-23-15-12-16-6-3-4-7-19(16)23/h3-4,6-12,15H,2,5,13-14H2,1H3,(H2,21,22,25). The van der Waals surface area contributed by atoms with E-state index in [4.69, 9.17) is 17.0 Å². The minimum atomic E-state index is 0.640. The Balaban J connectivity index is 1.42. The molecule has 25 heavy (non-hydrogen) atoms. The molecule has 130 valence electrons. The van der Waals surface area contributed by atoms with Crippen molar-refractivity contribution in [2.45, 2.75) is 19.9 Å². The first-order valence-corrected chi connectivity index (χ1v) is 8.98. The first kappa shape index (κ1) is 17.3. The van der Waals surface area contributed by atoms with Gasteiger partial charge in [-0.25, -0.2) is 0 Å². The van der Waals surface area contributed by atoms with Crippen LogP contribution in [-0.4, -0.2) is 22.8 Å². The van der Waals surface area contributed by atoms with E-state index in [1.54, 1.807) is 0 Å². The lowest BCUT2D eigenvalue weighted by Gasteiger charge is -2.12. The number of aromatic nitrogens is 1. The van der Waals surface area contributed by atoms with E-state index < -0.39 is 0 Å². The highest BCUT2D eigenvalue weighted by atomic mass is 32.1. The first-order chi connectivity index (χ1) is 12.3. The summed E-state index contributed by atoms with van der Waals surface area (Å²) in [6.07, 6.45) is 3.14. The fraction of sp³-hybridized carbons (Fsp3) is 0.250. The number of thiocarbonyl (C=S) groups is 1. The van der Waals surface area contributed by atoms with Gasteiger partial charge in [-0.15, -0.1) is 0 Å². The number of nitrogens with zero attached hydrogens (tertiary/aromatic N) is 1. The van der Waals surface area contributed by atoms with Crippen LogP contribution < -0.4 is 15.4 Å². The molecule has 0 saturated carbocycles. The van der Waals surface area contributed by atoms with E-state index in [1.165, 1.54) is 10.9 Å². The molecule has 3 rings (SSSR count). The predicted octanol–water partition coefficient (Wildman–Crippen LogP) is 4.42. The van der Waals surface area contributed by atoms with Crippen molar-refractivity contribution in [3.05, 3.63) is 60.8 Å². The van der Waals surface area contributed by atoms with E-state index in [2.05, 4.69) is 51.7 Å².